The third-order valence-corrected chi connectivity index (χ3v) is 8.22. The van der Waals surface area contributed by atoms with Crippen LogP contribution < -0.4 is 4.74 Å². The quantitative estimate of drug-likeness (QED) is 0.306. The molecule has 2 heterocycles. The molecule has 1 saturated heterocycles. The predicted octanol–water partition coefficient (Wildman–Crippen LogP) is 5.03. The first-order valence-electron chi connectivity index (χ1n) is 8.75. The molecule has 1 aromatic heterocycles. The van der Waals surface area contributed by atoms with Gasteiger partial charge in [-0.15, -0.1) is 11.3 Å². The zero-order valence-corrected chi connectivity index (χ0v) is 18.1. The first-order valence-corrected chi connectivity index (χ1v) is 12.1. The lowest BCUT2D eigenvalue weighted by atomic mass is 10.2. The molecule has 9 heteroatoms. The molecule has 0 amide bonds. The number of ether oxygens (including phenoxy) is 1. The second-order valence-electron chi connectivity index (χ2n) is 6.65. The summed E-state index contributed by atoms with van der Waals surface area (Å²) in [5.74, 6) is 0.106. The number of fused-ring (bicyclic) bond motifs is 1. The Labute approximate surface area is 181 Å². The second-order valence-corrected chi connectivity index (χ2v) is 10.7. The molecule has 2 aromatic carbocycles. The Morgan fingerprint density at radius 2 is 1.93 bits per heavy atom. The average Bonchev–Trinajstić information content (AvgIpc) is 3.21. The van der Waals surface area contributed by atoms with Crippen molar-refractivity contribution in [1.82, 2.24) is 0 Å². The van der Waals surface area contributed by atoms with Gasteiger partial charge in [0.1, 0.15) is 10.6 Å². The summed E-state index contributed by atoms with van der Waals surface area (Å²) < 4.78 is 29.2. The maximum absolute atomic E-state index is 12.5. The van der Waals surface area contributed by atoms with Gasteiger partial charge in [-0.3, -0.25) is 4.99 Å². The SMILES string of the molecule is O=C(Oc1ccc(C=NC2CCS(=O)(=O)C2)cc1)c1sc2cccc(Cl)c2c1Cl. The Kier molecular flexibility index (Phi) is 5.66. The summed E-state index contributed by atoms with van der Waals surface area (Å²) in [7, 11) is -2.95. The zero-order valence-electron chi connectivity index (χ0n) is 15.0. The first-order chi connectivity index (χ1) is 13.8. The number of thiophene rings is 1. The number of benzene rings is 2. The maximum atomic E-state index is 12.5. The minimum Gasteiger partial charge on any atom is -0.422 e. The first kappa shape index (κ1) is 20.3. The van der Waals surface area contributed by atoms with E-state index < -0.39 is 15.8 Å². The monoisotopic (exact) mass is 467 g/mol. The normalized spacial score (nSPS) is 18.5. The van der Waals surface area contributed by atoms with Gasteiger partial charge in [-0.25, -0.2) is 13.2 Å². The molecule has 29 heavy (non-hydrogen) atoms. The van der Waals surface area contributed by atoms with E-state index in [-0.39, 0.29) is 22.6 Å². The van der Waals surface area contributed by atoms with Crippen molar-refractivity contribution in [3.8, 4) is 5.75 Å². The number of aliphatic imine (C=N–C) groups is 1. The highest BCUT2D eigenvalue weighted by atomic mass is 35.5. The van der Waals surface area contributed by atoms with Crippen molar-refractivity contribution in [2.75, 3.05) is 11.5 Å². The van der Waals surface area contributed by atoms with E-state index in [2.05, 4.69) is 4.99 Å². The number of esters is 1. The van der Waals surface area contributed by atoms with E-state index >= 15 is 0 Å². The van der Waals surface area contributed by atoms with Crippen LogP contribution in [0.1, 0.15) is 21.7 Å². The number of rotatable bonds is 4. The summed E-state index contributed by atoms with van der Waals surface area (Å²) in [6, 6.07) is 12.0. The van der Waals surface area contributed by atoms with E-state index in [1.807, 2.05) is 6.07 Å². The van der Waals surface area contributed by atoms with Gasteiger partial charge in [0.15, 0.2) is 9.84 Å². The van der Waals surface area contributed by atoms with Gasteiger partial charge in [-0.1, -0.05) is 29.3 Å². The Bertz CT molecular complexity index is 1220. The molecule has 4 rings (SSSR count). The number of carbonyl (C=O) groups is 1. The lowest BCUT2D eigenvalue weighted by Gasteiger charge is -2.04. The maximum Gasteiger partial charge on any atom is 0.355 e. The molecule has 1 atom stereocenters. The third-order valence-electron chi connectivity index (χ3n) is 4.53. The smallest absolute Gasteiger partial charge is 0.355 e. The largest absolute Gasteiger partial charge is 0.422 e. The molecule has 1 aliphatic heterocycles. The molecule has 0 spiro atoms. The van der Waals surface area contributed by atoms with Crippen LogP contribution in [0, 0.1) is 0 Å². The van der Waals surface area contributed by atoms with Crippen LogP contribution >= 0.6 is 34.5 Å². The molecule has 5 nitrogen and oxygen atoms in total. The van der Waals surface area contributed by atoms with Crippen molar-refractivity contribution in [3.05, 3.63) is 63.0 Å². The number of halogens is 2. The van der Waals surface area contributed by atoms with Crippen molar-refractivity contribution in [2.24, 2.45) is 4.99 Å². The third kappa shape index (κ3) is 4.48. The number of sulfone groups is 1. The van der Waals surface area contributed by atoms with Crippen LogP contribution in [-0.2, 0) is 9.84 Å². The molecular weight excluding hydrogens is 453 g/mol. The lowest BCUT2D eigenvalue weighted by Crippen LogP contribution is -2.08. The highest BCUT2D eigenvalue weighted by Gasteiger charge is 2.26. The molecule has 0 radical (unpaired) electrons. The Morgan fingerprint density at radius 1 is 1.17 bits per heavy atom. The van der Waals surface area contributed by atoms with Gasteiger partial charge in [0.2, 0.25) is 0 Å². The molecule has 1 fully saturated rings. The Balaban J connectivity index is 1.46. The standard InChI is InChI=1S/C20H15Cl2NO4S2/c21-15-2-1-3-16-17(15)18(22)19(28-16)20(24)27-14-6-4-12(5-7-14)10-23-13-8-9-29(25,26)11-13/h1-7,10,13H,8-9,11H2. The van der Waals surface area contributed by atoms with Crippen molar-refractivity contribution in [3.63, 3.8) is 0 Å². The number of nitrogens with zero attached hydrogens (tertiary/aromatic N) is 1. The molecule has 3 aromatic rings. The van der Waals surface area contributed by atoms with E-state index in [1.54, 1.807) is 42.6 Å². The van der Waals surface area contributed by atoms with Crippen LogP contribution in [-0.4, -0.2) is 38.1 Å². The summed E-state index contributed by atoms with van der Waals surface area (Å²) in [5.41, 5.74) is 0.792. The highest BCUT2D eigenvalue weighted by molar-refractivity contribution is 7.91. The topological polar surface area (TPSA) is 72.8 Å². The van der Waals surface area contributed by atoms with Gasteiger partial charge in [-0.05, 0) is 48.4 Å². The van der Waals surface area contributed by atoms with Gasteiger partial charge in [0.05, 0.1) is 27.6 Å². The number of hydrogen-bond acceptors (Lipinski definition) is 6. The van der Waals surface area contributed by atoms with Gasteiger partial charge in [0, 0.05) is 16.3 Å². The van der Waals surface area contributed by atoms with Gasteiger partial charge >= 0.3 is 5.97 Å². The molecule has 0 aliphatic carbocycles. The Hall–Kier alpha value is -1.93. The predicted molar refractivity (Wildman–Crippen MR) is 118 cm³/mol. The van der Waals surface area contributed by atoms with Crippen molar-refractivity contribution >= 4 is 66.6 Å². The lowest BCUT2D eigenvalue weighted by molar-refractivity contribution is 0.0740. The van der Waals surface area contributed by atoms with Crippen LogP contribution in [0.3, 0.4) is 0 Å². The van der Waals surface area contributed by atoms with E-state index in [1.165, 1.54) is 11.3 Å². The summed E-state index contributed by atoms with van der Waals surface area (Å²) in [6.07, 6.45) is 2.19. The fourth-order valence-electron chi connectivity index (χ4n) is 3.06. The fraction of sp³-hybridized carbons (Fsp3) is 0.200. The molecule has 1 aliphatic rings. The number of carbonyl (C=O) groups excluding carboxylic acids is 1. The van der Waals surface area contributed by atoms with Gasteiger partial charge in [-0.2, -0.15) is 0 Å². The average molecular weight is 468 g/mol. The molecular formula is C20H15Cl2NO4S2. The second kappa shape index (κ2) is 8.07. The van der Waals surface area contributed by atoms with Crippen molar-refractivity contribution in [1.29, 1.82) is 0 Å². The van der Waals surface area contributed by atoms with Crippen molar-refractivity contribution in [2.45, 2.75) is 12.5 Å². The zero-order chi connectivity index (χ0) is 20.6. The van der Waals surface area contributed by atoms with Crippen LogP contribution in [0.15, 0.2) is 47.5 Å². The van der Waals surface area contributed by atoms with Crippen LogP contribution in [0.25, 0.3) is 10.1 Å². The molecule has 150 valence electrons. The van der Waals surface area contributed by atoms with Crippen LogP contribution in [0.5, 0.6) is 5.75 Å². The van der Waals surface area contributed by atoms with Crippen LogP contribution in [0.2, 0.25) is 10.0 Å². The molecule has 0 N–H and O–H groups in total. The number of hydrogen-bond donors (Lipinski definition) is 0. The van der Waals surface area contributed by atoms with Crippen LogP contribution in [0.4, 0.5) is 0 Å². The Morgan fingerprint density at radius 3 is 2.59 bits per heavy atom. The van der Waals surface area contributed by atoms with E-state index in [4.69, 9.17) is 27.9 Å². The van der Waals surface area contributed by atoms with Gasteiger partial charge < -0.3 is 4.74 Å². The molecule has 0 saturated carbocycles. The summed E-state index contributed by atoms with van der Waals surface area (Å²) in [5, 5.41) is 1.42. The summed E-state index contributed by atoms with van der Waals surface area (Å²) >= 11 is 13.7. The van der Waals surface area contributed by atoms with E-state index in [0.29, 0.717) is 27.5 Å². The molecule has 1 unspecified atom stereocenters. The fourth-order valence-corrected chi connectivity index (χ4v) is 6.52. The van der Waals surface area contributed by atoms with Gasteiger partial charge in [0.25, 0.3) is 0 Å². The highest BCUT2D eigenvalue weighted by Crippen LogP contribution is 2.39. The van der Waals surface area contributed by atoms with E-state index in [0.717, 1.165) is 10.3 Å². The van der Waals surface area contributed by atoms with E-state index in [9.17, 15) is 13.2 Å². The summed E-state index contributed by atoms with van der Waals surface area (Å²) in [4.78, 5) is 17.2. The minimum atomic E-state index is -2.95. The molecule has 0 bridgehead atoms. The van der Waals surface area contributed by atoms with Crippen molar-refractivity contribution < 1.29 is 17.9 Å². The minimum absolute atomic E-state index is 0.0964. The summed E-state index contributed by atoms with van der Waals surface area (Å²) in [6.45, 7) is 0.